The summed E-state index contributed by atoms with van der Waals surface area (Å²) in [6.45, 7) is 3.00. The number of ether oxygens (including phenoxy) is 1. The summed E-state index contributed by atoms with van der Waals surface area (Å²) in [6, 6.07) is 1.52. The molecule has 0 saturated carbocycles. The van der Waals surface area contributed by atoms with Crippen LogP contribution in [0.25, 0.3) is 11.0 Å². The molecule has 0 atom stereocenters. The molecule has 4 aromatic heterocycles. The number of hydrogen-bond acceptors (Lipinski definition) is 9. The number of nitrogens with one attached hydrogen (secondary N) is 2. The third-order valence-electron chi connectivity index (χ3n) is 4.58. The van der Waals surface area contributed by atoms with Crippen molar-refractivity contribution >= 4 is 40.1 Å². The fourth-order valence-electron chi connectivity index (χ4n) is 2.96. The average molecular weight is 423 g/mol. The van der Waals surface area contributed by atoms with Gasteiger partial charge in [-0.15, -0.1) is 0 Å². The Balaban J connectivity index is 1.58. The van der Waals surface area contributed by atoms with E-state index in [1.807, 2.05) is 6.20 Å². The molecule has 0 radical (unpaired) electrons. The van der Waals surface area contributed by atoms with Crippen LogP contribution >= 0.6 is 0 Å². The molecule has 0 fully saturated rings. The van der Waals surface area contributed by atoms with Gasteiger partial charge < -0.3 is 20.5 Å². The standard InChI is InChI=1S/C19H21N9O3/c1-11-15(6-12(7-20-11)18(29)30)24-16-14-9-21-19(25-17(14)27(2)26-16)23-13-8-22-28(10-13)4-5-31-3/h6-10H,4-5H2,1-3H3,(H,24,26)(H,29,30)(H,21,23,25). The summed E-state index contributed by atoms with van der Waals surface area (Å²) < 4.78 is 8.43. The summed E-state index contributed by atoms with van der Waals surface area (Å²) in [7, 11) is 3.41. The van der Waals surface area contributed by atoms with Crippen molar-refractivity contribution in [2.24, 2.45) is 7.05 Å². The Morgan fingerprint density at radius 1 is 1.23 bits per heavy atom. The van der Waals surface area contributed by atoms with E-state index in [-0.39, 0.29) is 5.56 Å². The van der Waals surface area contributed by atoms with Crippen LogP contribution in [0, 0.1) is 6.92 Å². The van der Waals surface area contributed by atoms with Crippen LogP contribution in [0.2, 0.25) is 0 Å². The molecule has 4 rings (SSSR count). The predicted molar refractivity (Wildman–Crippen MR) is 113 cm³/mol. The monoisotopic (exact) mass is 423 g/mol. The van der Waals surface area contributed by atoms with E-state index in [1.165, 1.54) is 12.3 Å². The first kappa shape index (κ1) is 20.2. The van der Waals surface area contributed by atoms with Crippen molar-refractivity contribution in [1.82, 2.24) is 34.5 Å². The molecule has 4 aromatic rings. The lowest BCUT2D eigenvalue weighted by Crippen LogP contribution is -2.04. The van der Waals surface area contributed by atoms with Crippen molar-refractivity contribution in [2.75, 3.05) is 24.4 Å². The number of aryl methyl sites for hydroxylation is 2. The second kappa shape index (κ2) is 8.36. The summed E-state index contributed by atoms with van der Waals surface area (Å²) in [5.74, 6) is -0.144. The number of fused-ring (bicyclic) bond motifs is 1. The maximum atomic E-state index is 11.2. The van der Waals surface area contributed by atoms with Gasteiger partial charge in [0.05, 0.1) is 47.4 Å². The predicted octanol–water partition coefficient (Wildman–Crippen LogP) is 2.10. The van der Waals surface area contributed by atoms with Gasteiger partial charge in [0.1, 0.15) is 0 Å². The number of hydrogen-bond donors (Lipinski definition) is 3. The Kier molecular flexibility index (Phi) is 5.45. The van der Waals surface area contributed by atoms with Gasteiger partial charge in [-0.3, -0.25) is 9.67 Å². The molecular weight excluding hydrogens is 402 g/mol. The highest BCUT2D eigenvalue weighted by atomic mass is 16.5. The van der Waals surface area contributed by atoms with Crippen LogP contribution in [-0.2, 0) is 18.3 Å². The number of carboxylic acids is 1. The molecule has 0 saturated heterocycles. The minimum Gasteiger partial charge on any atom is -0.478 e. The highest BCUT2D eigenvalue weighted by Crippen LogP contribution is 2.26. The fraction of sp³-hybridized carbons (Fsp3) is 0.263. The quantitative estimate of drug-likeness (QED) is 0.385. The van der Waals surface area contributed by atoms with Crippen molar-refractivity contribution in [3.63, 3.8) is 0 Å². The summed E-state index contributed by atoms with van der Waals surface area (Å²) in [4.78, 5) is 24.3. The highest BCUT2D eigenvalue weighted by molar-refractivity contribution is 5.92. The van der Waals surface area contributed by atoms with Gasteiger partial charge in [-0.25, -0.2) is 14.5 Å². The van der Waals surface area contributed by atoms with E-state index in [4.69, 9.17) is 4.74 Å². The smallest absolute Gasteiger partial charge is 0.337 e. The zero-order valence-electron chi connectivity index (χ0n) is 17.2. The topological polar surface area (TPSA) is 145 Å². The lowest BCUT2D eigenvalue weighted by molar-refractivity contribution is 0.0696. The fourth-order valence-corrected chi connectivity index (χ4v) is 2.96. The molecule has 4 heterocycles. The third-order valence-corrected chi connectivity index (χ3v) is 4.58. The van der Waals surface area contributed by atoms with Gasteiger partial charge in [0.2, 0.25) is 5.95 Å². The number of aromatic nitrogens is 7. The molecule has 12 nitrogen and oxygen atoms in total. The van der Waals surface area contributed by atoms with Gasteiger partial charge in [0, 0.05) is 32.7 Å². The van der Waals surface area contributed by atoms with Crippen LogP contribution in [0.3, 0.4) is 0 Å². The first-order chi connectivity index (χ1) is 14.9. The van der Waals surface area contributed by atoms with Crippen molar-refractivity contribution < 1.29 is 14.6 Å². The average Bonchev–Trinajstić information content (AvgIpc) is 3.32. The largest absolute Gasteiger partial charge is 0.478 e. The van der Waals surface area contributed by atoms with E-state index in [0.717, 1.165) is 5.69 Å². The molecular formula is C19H21N9O3. The Labute approximate surface area is 176 Å². The SMILES string of the molecule is COCCn1cc(Nc2ncc3c(Nc4cc(C(=O)O)cnc4C)nn(C)c3n2)cn1. The van der Waals surface area contributed by atoms with E-state index < -0.39 is 5.97 Å². The molecule has 160 valence electrons. The Hall–Kier alpha value is -4.06. The minimum atomic E-state index is -1.05. The Morgan fingerprint density at radius 3 is 2.84 bits per heavy atom. The van der Waals surface area contributed by atoms with Crippen LogP contribution in [-0.4, -0.2) is 59.3 Å². The van der Waals surface area contributed by atoms with Gasteiger partial charge in [0.25, 0.3) is 0 Å². The van der Waals surface area contributed by atoms with Gasteiger partial charge in [-0.05, 0) is 13.0 Å². The van der Waals surface area contributed by atoms with Crippen molar-refractivity contribution in [3.05, 3.63) is 42.1 Å². The van der Waals surface area contributed by atoms with Gasteiger partial charge >= 0.3 is 5.97 Å². The van der Waals surface area contributed by atoms with E-state index >= 15 is 0 Å². The van der Waals surface area contributed by atoms with Gasteiger partial charge in [0.15, 0.2) is 11.5 Å². The van der Waals surface area contributed by atoms with Crippen LogP contribution in [0.4, 0.5) is 23.1 Å². The highest BCUT2D eigenvalue weighted by Gasteiger charge is 2.15. The molecule has 12 heteroatoms. The molecule has 0 aliphatic carbocycles. The van der Waals surface area contributed by atoms with Crippen LogP contribution in [0.5, 0.6) is 0 Å². The van der Waals surface area contributed by atoms with E-state index in [1.54, 1.807) is 42.8 Å². The number of carboxylic acid groups (broad SMARTS) is 1. The number of aromatic carboxylic acids is 1. The number of rotatable bonds is 8. The zero-order valence-corrected chi connectivity index (χ0v) is 17.2. The number of methoxy groups -OCH3 is 1. The number of anilines is 4. The summed E-state index contributed by atoms with van der Waals surface area (Å²) in [5, 5.41) is 24.9. The lowest BCUT2D eigenvalue weighted by Gasteiger charge is -2.07. The normalized spacial score (nSPS) is 11.1. The minimum absolute atomic E-state index is 0.0853. The summed E-state index contributed by atoms with van der Waals surface area (Å²) >= 11 is 0. The maximum Gasteiger partial charge on any atom is 0.337 e. The number of pyridine rings is 1. The van der Waals surface area contributed by atoms with Crippen LogP contribution in [0.15, 0.2) is 30.9 Å². The summed E-state index contributed by atoms with van der Waals surface area (Å²) in [5.41, 5.74) is 2.64. The zero-order chi connectivity index (χ0) is 22.0. The molecule has 31 heavy (non-hydrogen) atoms. The molecule has 0 aliphatic rings. The second-order valence-corrected chi connectivity index (χ2v) is 6.80. The van der Waals surface area contributed by atoms with Crippen molar-refractivity contribution in [1.29, 1.82) is 0 Å². The van der Waals surface area contributed by atoms with Crippen molar-refractivity contribution in [3.8, 4) is 0 Å². The third kappa shape index (κ3) is 4.28. The van der Waals surface area contributed by atoms with E-state index in [0.29, 0.717) is 47.3 Å². The number of nitrogens with zero attached hydrogens (tertiary/aromatic N) is 7. The van der Waals surface area contributed by atoms with Crippen LogP contribution < -0.4 is 10.6 Å². The van der Waals surface area contributed by atoms with E-state index in [2.05, 4.69) is 35.8 Å². The maximum absolute atomic E-state index is 11.2. The van der Waals surface area contributed by atoms with Crippen molar-refractivity contribution in [2.45, 2.75) is 13.5 Å². The molecule has 3 N–H and O–H groups in total. The first-order valence-corrected chi connectivity index (χ1v) is 9.39. The molecule has 0 spiro atoms. The molecule has 0 unspecified atom stereocenters. The Morgan fingerprint density at radius 2 is 2.06 bits per heavy atom. The molecule has 0 aliphatic heterocycles. The molecule has 0 bridgehead atoms. The van der Waals surface area contributed by atoms with E-state index in [9.17, 15) is 9.90 Å². The molecule has 0 aromatic carbocycles. The van der Waals surface area contributed by atoms with Gasteiger partial charge in [-0.1, -0.05) is 0 Å². The van der Waals surface area contributed by atoms with Gasteiger partial charge in [-0.2, -0.15) is 15.2 Å². The second-order valence-electron chi connectivity index (χ2n) is 6.80. The van der Waals surface area contributed by atoms with Crippen LogP contribution in [0.1, 0.15) is 16.1 Å². The first-order valence-electron chi connectivity index (χ1n) is 9.39. The number of carbonyl (C=O) groups is 1. The lowest BCUT2D eigenvalue weighted by atomic mass is 10.2. The summed E-state index contributed by atoms with van der Waals surface area (Å²) in [6.07, 6.45) is 6.50. The Bertz CT molecular complexity index is 1250. The molecule has 0 amide bonds.